The standard InChI is InChI=1S/C14H20O3/c1-4-12(11(2)15)9-10-17-14-8-6-5-7-13(14)16-3/h5-8,12H,4,9-10H2,1-3H3. The topological polar surface area (TPSA) is 35.5 Å². The summed E-state index contributed by atoms with van der Waals surface area (Å²) >= 11 is 0. The Balaban J connectivity index is 2.47. The van der Waals surface area contributed by atoms with Crippen LogP contribution in [0.3, 0.4) is 0 Å². The van der Waals surface area contributed by atoms with Gasteiger partial charge in [-0.2, -0.15) is 0 Å². The van der Waals surface area contributed by atoms with E-state index in [4.69, 9.17) is 9.47 Å². The Hall–Kier alpha value is -1.51. The fourth-order valence-electron chi connectivity index (χ4n) is 1.74. The third kappa shape index (κ3) is 4.10. The third-order valence-corrected chi connectivity index (χ3v) is 2.86. The number of para-hydroxylation sites is 2. The number of Topliss-reactive ketones (excluding diaryl/α,β-unsaturated/α-hetero) is 1. The Morgan fingerprint density at radius 1 is 1.29 bits per heavy atom. The number of ether oxygens (including phenoxy) is 2. The first-order valence-electron chi connectivity index (χ1n) is 5.95. The van der Waals surface area contributed by atoms with E-state index in [9.17, 15) is 4.79 Å². The van der Waals surface area contributed by atoms with Gasteiger partial charge < -0.3 is 9.47 Å². The number of rotatable bonds is 7. The Labute approximate surface area is 103 Å². The van der Waals surface area contributed by atoms with Gasteiger partial charge in [0.1, 0.15) is 5.78 Å². The van der Waals surface area contributed by atoms with Crippen molar-refractivity contribution in [3.05, 3.63) is 24.3 Å². The molecule has 1 aromatic carbocycles. The second-order valence-electron chi connectivity index (χ2n) is 4.00. The smallest absolute Gasteiger partial charge is 0.161 e. The molecule has 0 saturated heterocycles. The van der Waals surface area contributed by atoms with Crippen molar-refractivity contribution in [1.29, 1.82) is 0 Å². The quantitative estimate of drug-likeness (QED) is 0.729. The molecule has 17 heavy (non-hydrogen) atoms. The molecule has 1 aromatic rings. The summed E-state index contributed by atoms with van der Waals surface area (Å²) in [6, 6.07) is 7.53. The summed E-state index contributed by atoms with van der Waals surface area (Å²) < 4.78 is 10.8. The number of carbonyl (C=O) groups excluding carboxylic acids is 1. The molecule has 3 heteroatoms. The summed E-state index contributed by atoms with van der Waals surface area (Å²) in [5.74, 6) is 1.79. The molecule has 94 valence electrons. The third-order valence-electron chi connectivity index (χ3n) is 2.86. The molecule has 0 radical (unpaired) electrons. The first kappa shape index (κ1) is 13.6. The van der Waals surface area contributed by atoms with E-state index in [1.165, 1.54) is 0 Å². The van der Waals surface area contributed by atoms with E-state index in [0.717, 1.165) is 24.3 Å². The van der Waals surface area contributed by atoms with Crippen LogP contribution in [0, 0.1) is 5.92 Å². The van der Waals surface area contributed by atoms with Crippen LogP contribution in [0.15, 0.2) is 24.3 Å². The lowest BCUT2D eigenvalue weighted by Gasteiger charge is -2.13. The van der Waals surface area contributed by atoms with Crippen LogP contribution < -0.4 is 9.47 Å². The number of hydrogen-bond donors (Lipinski definition) is 0. The van der Waals surface area contributed by atoms with E-state index in [0.29, 0.717) is 6.61 Å². The lowest BCUT2D eigenvalue weighted by molar-refractivity contribution is -0.121. The molecule has 0 amide bonds. The van der Waals surface area contributed by atoms with Crippen LogP contribution in [0.1, 0.15) is 26.7 Å². The van der Waals surface area contributed by atoms with Crippen molar-refractivity contribution >= 4 is 5.78 Å². The highest BCUT2D eigenvalue weighted by atomic mass is 16.5. The van der Waals surface area contributed by atoms with Gasteiger partial charge in [-0.05, 0) is 31.9 Å². The number of carbonyl (C=O) groups is 1. The van der Waals surface area contributed by atoms with Gasteiger partial charge in [0.25, 0.3) is 0 Å². The molecule has 0 fully saturated rings. The second kappa shape index (κ2) is 6.94. The van der Waals surface area contributed by atoms with Gasteiger partial charge in [-0.1, -0.05) is 19.1 Å². The fraction of sp³-hybridized carbons (Fsp3) is 0.500. The minimum Gasteiger partial charge on any atom is -0.493 e. The van der Waals surface area contributed by atoms with E-state index < -0.39 is 0 Å². The summed E-state index contributed by atoms with van der Waals surface area (Å²) in [7, 11) is 1.62. The van der Waals surface area contributed by atoms with E-state index in [1.54, 1.807) is 14.0 Å². The van der Waals surface area contributed by atoms with Crippen LogP contribution in [0.2, 0.25) is 0 Å². The van der Waals surface area contributed by atoms with Crippen molar-refractivity contribution in [2.75, 3.05) is 13.7 Å². The van der Waals surface area contributed by atoms with Gasteiger partial charge in [0.2, 0.25) is 0 Å². The van der Waals surface area contributed by atoms with Crippen molar-refractivity contribution in [3.8, 4) is 11.5 Å². The summed E-state index contributed by atoms with van der Waals surface area (Å²) in [5, 5.41) is 0. The van der Waals surface area contributed by atoms with E-state index >= 15 is 0 Å². The monoisotopic (exact) mass is 236 g/mol. The van der Waals surface area contributed by atoms with Crippen molar-refractivity contribution < 1.29 is 14.3 Å². The molecule has 3 nitrogen and oxygen atoms in total. The maximum atomic E-state index is 11.3. The number of benzene rings is 1. The normalized spacial score (nSPS) is 11.9. The van der Waals surface area contributed by atoms with Gasteiger partial charge in [0.15, 0.2) is 11.5 Å². The predicted octanol–water partition coefficient (Wildman–Crippen LogP) is 3.08. The number of hydrogen-bond acceptors (Lipinski definition) is 3. The van der Waals surface area contributed by atoms with E-state index in [1.807, 2.05) is 31.2 Å². The van der Waals surface area contributed by atoms with Crippen molar-refractivity contribution in [2.24, 2.45) is 5.92 Å². The molecule has 0 bridgehead atoms. The molecule has 0 heterocycles. The average molecular weight is 236 g/mol. The Morgan fingerprint density at radius 2 is 1.94 bits per heavy atom. The van der Waals surface area contributed by atoms with Crippen molar-refractivity contribution in [3.63, 3.8) is 0 Å². The maximum Gasteiger partial charge on any atom is 0.161 e. The van der Waals surface area contributed by atoms with Crippen LogP contribution in [-0.2, 0) is 4.79 Å². The van der Waals surface area contributed by atoms with Crippen LogP contribution in [0.5, 0.6) is 11.5 Å². The molecular weight excluding hydrogens is 216 g/mol. The minimum absolute atomic E-state index is 0.102. The average Bonchev–Trinajstić information content (AvgIpc) is 2.34. The molecule has 0 aromatic heterocycles. The Kier molecular flexibility index (Phi) is 5.53. The lowest BCUT2D eigenvalue weighted by Crippen LogP contribution is -2.13. The predicted molar refractivity (Wildman–Crippen MR) is 67.6 cm³/mol. The molecule has 0 spiro atoms. The number of ketones is 1. The summed E-state index contributed by atoms with van der Waals surface area (Å²) in [6.45, 7) is 4.20. The minimum atomic E-state index is 0.102. The molecule has 0 N–H and O–H groups in total. The van der Waals surface area contributed by atoms with E-state index in [-0.39, 0.29) is 11.7 Å². The van der Waals surface area contributed by atoms with Gasteiger partial charge >= 0.3 is 0 Å². The van der Waals surface area contributed by atoms with Gasteiger partial charge in [-0.15, -0.1) is 0 Å². The Bertz CT molecular complexity index is 360. The molecule has 0 saturated carbocycles. The largest absolute Gasteiger partial charge is 0.493 e. The van der Waals surface area contributed by atoms with Crippen LogP contribution in [-0.4, -0.2) is 19.5 Å². The molecule has 1 atom stereocenters. The molecular formula is C14H20O3. The highest BCUT2D eigenvalue weighted by molar-refractivity contribution is 5.78. The maximum absolute atomic E-state index is 11.3. The zero-order valence-corrected chi connectivity index (χ0v) is 10.7. The van der Waals surface area contributed by atoms with Crippen LogP contribution in [0.4, 0.5) is 0 Å². The second-order valence-corrected chi connectivity index (χ2v) is 4.00. The highest BCUT2D eigenvalue weighted by Crippen LogP contribution is 2.26. The Morgan fingerprint density at radius 3 is 2.47 bits per heavy atom. The van der Waals surface area contributed by atoms with Gasteiger partial charge in [-0.3, -0.25) is 4.79 Å². The van der Waals surface area contributed by atoms with Gasteiger partial charge in [0, 0.05) is 5.92 Å². The molecule has 1 unspecified atom stereocenters. The molecule has 0 aliphatic rings. The highest BCUT2D eigenvalue weighted by Gasteiger charge is 2.12. The van der Waals surface area contributed by atoms with Crippen LogP contribution >= 0.6 is 0 Å². The zero-order valence-electron chi connectivity index (χ0n) is 10.7. The van der Waals surface area contributed by atoms with Gasteiger partial charge in [-0.25, -0.2) is 0 Å². The lowest BCUT2D eigenvalue weighted by atomic mass is 9.99. The zero-order chi connectivity index (χ0) is 12.7. The molecule has 1 rings (SSSR count). The van der Waals surface area contributed by atoms with Crippen molar-refractivity contribution in [2.45, 2.75) is 26.7 Å². The summed E-state index contributed by atoms with van der Waals surface area (Å²) in [5.41, 5.74) is 0. The first-order valence-corrected chi connectivity index (χ1v) is 5.95. The molecule has 0 aliphatic carbocycles. The molecule has 0 aliphatic heterocycles. The van der Waals surface area contributed by atoms with Crippen LogP contribution in [0.25, 0.3) is 0 Å². The summed E-state index contributed by atoms with van der Waals surface area (Å²) in [6.07, 6.45) is 1.62. The van der Waals surface area contributed by atoms with Crippen molar-refractivity contribution in [1.82, 2.24) is 0 Å². The number of methoxy groups -OCH3 is 1. The first-order chi connectivity index (χ1) is 8.19. The fourth-order valence-corrected chi connectivity index (χ4v) is 1.74. The SMILES string of the molecule is CCC(CCOc1ccccc1OC)C(C)=O. The van der Waals surface area contributed by atoms with Gasteiger partial charge in [0.05, 0.1) is 13.7 Å². The summed E-state index contributed by atoms with van der Waals surface area (Å²) in [4.78, 5) is 11.3. The van der Waals surface area contributed by atoms with E-state index in [2.05, 4.69) is 0 Å².